The molecule has 1 aromatic carbocycles. The summed E-state index contributed by atoms with van der Waals surface area (Å²) in [4.78, 5) is 20.7. The third-order valence-electron chi connectivity index (χ3n) is 3.46. The number of carbonyl (C=O) groups excluding carboxylic acids is 1. The molecular formula is C18H23FN4O. The van der Waals surface area contributed by atoms with E-state index in [2.05, 4.69) is 34.4 Å². The molecule has 0 aliphatic carbocycles. The molecule has 0 saturated heterocycles. The van der Waals surface area contributed by atoms with Crippen LogP contribution in [0, 0.1) is 18.7 Å². The van der Waals surface area contributed by atoms with Crippen molar-refractivity contribution in [3.63, 3.8) is 0 Å². The number of hydrogen-bond acceptors (Lipinski definition) is 4. The summed E-state index contributed by atoms with van der Waals surface area (Å²) in [6.07, 6.45) is 0.922. The highest BCUT2D eigenvalue weighted by molar-refractivity contribution is 5.92. The van der Waals surface area contributed by atoms with Crippen molar-refractivity contribution >= 4 is 11.9 Å². The van der Waals surface area contributed by atoms with Crippen LogP contribution < -0.4 is 10.6 Å². The van der Waals surface area contributed by atoms with E-state index >= 15 is 0 Å². The predicted octanol–water partition coefficient (Wildman–Crippen LogP) is 3.31. The maximum Gasteiger partial charge on any atom is 0.270 e. The number of halogens is 1. The molecule has 24 heavy (non-hydrogen) atoms. The summed E-state index contributed by atoms with van der Waals surface area (Å²) in [6, 6.07) is 7.85. The van der Waals surface area contributed by atoms with Gasteiger partial charge >= 0.3 is 0 Å². The van der Waals surface area contributed by atoms with E-state index in [9.17, 15) is 9.18 Å². The average Bonchev–Trinajstić information content (AvgIpc) is 2.53. The maximum absolute atomic E-state index is 12.9. The SMILES string of the molecule is Cc1cc(C(=O)NCCC(C)C)nc(NCc2ccc(F)cc2)n1. The Kier molecular flexibility index (Phi) is 6.23. The minimum absolute atomic E-state index is 0.203. The highest BCUT2D eigenvalue weighted by Gasteiger charge is 2.10. The van der Waals surface area contributed by atoms with Gasteiger partial charge in [0.15, 0.2) is 0 Å². The van der Waals surface area contributed by atoms with E-state index < -0.39 is 0 Å². The van der Waals surface area contributed by atoms with Crippen LogP contribution in [-0.2, 0) is 6.54 Å². The van der Waals surface area contributed by atoms with Gasteiger partial charge in [-0.25, -0.2) is 14.4 Å². The van der Waals surface area contributed by atoms with Crippen molar-refractivity contribution < 1.29 is 9.18 Å². The van der Waals surface area contributed by atoms with E-state index in [1.165, 1.54) is 12.1 Å². The molecule has 6 heteroatoms. The Labute approximate surface area is 141 Å². The summed E-state index contributed by atoms with van der Waals surface area (Å²) in [5, 5.41) is 5.93. The zero-order valence-electron chi connectivity index (χ0n) is 14.3. The maximum atomic E-state index is 12.9. The number of hydrogen-bond donors (Lipinski definition) is 2. The monoisotopic (exact) mass is 330 g/mol. The second-order valence-corrected chi connectivity index (χ2v) is 6.14. The quantitative estimate of drug-likeness (QED) is 0.817. The van der Waals surface area contributed by atoms with Crippen molar-refractivity contribution in [2.45, 2.75) is 33.7 Å². The molecule has 2 rings (SSSR count). The summed E-state index contributed by atoms with van der Waals surface area (Å²) in [5.41, 5.74) is 1.96. The lowest BCUT2D eigenvalue weighted by atomic mass is 10.1. The fourth-order valence-electron chi connectivity index (χ4n) is 2.11. The van der Waals surface area contributed by atoms with Gasteiger partial charge in [-0.15, -0.1) is 0 Å². The molecule has 0 radical (unpaired) electrons. The van der Waals surface area contributed by atoms with Crippen LogP contribution in [0.1, 0.15) is 42.0 Å². The van der Waals surface area contributed by atoms with E-state index in [4.69, 9.17) is 0 Å². The number of aromatic nitrogens is 2. The molecule has 0 saturated carbocycles. The van der Waals surface area contributed by atoms with E-state index in [0.29, 0.717) is 36.3 Å². The molecule has 2 N–H and O–H groups in total. The number of nitrogens with zero attached hydrogens (tertiary/aromatic N) is 2. The summed E-state index contributed by atoms with van der Waals surface area (Å²) in [5.74, 6) is 0.440. The van der Waals surface area contributed by atoms with Crippen LogP contribution in [0.25, 0.3) is 0 Å². The van der Waals surface area contributed by atoms with Gasteiger partial charge in [-0.3, -0.25) is 4.79 Å². The fourth-order valence-corrected chi connectivity index (χ4v) is 2.11. The molecule has 0 aliphatic heterocycles. The van der Waals surface area contributed by atoms with Crippen LogP contribution in [0.15, 0.2) is 30.3 Å². The van der Waals surface area contributed by atoms with Gasteiger partial charge in [0.05, 0.1) is 0 Å². The molecule has 2 aromatic rings. The largest absolute Gasteiger partial charge is 0.351 e. The Morgan fingerprint density at radius 3 is 2.58 bits per heavy atom. The van der Waals surface area contributed by atoms with Crippen LogP contribution in [0.3, 0.4) is 0 Å². The molecule has 5 nitrogen and oxygen atoms in total. The Bertz CT molecular complexity index is 686. The summed E-state index contributed by atoms with van der Waals surface area (Å²) < 4.78 is 12.9. The number of amides is 1. The molecule has 0 fully saturated rings. The van der Waals surface area contributed by atoms with Crippen molar-refractivity contribution in [2.24, 2.45) is 5.92 Å². The van der Waals surface area contributed by atoms with Crippen LogP contribution in [-0.4, -0.2) is 22.4 Å². The predicted molar refractivity (Wildman–Crippen MR) is 92.3 cm³/mol. The molecule has 1 heterocycles. The van der Waals surface area contributed by atoms with Crippen molar-refractivity contribution in [3.8, 4) is 0 Å². The van der Waals surface area contributed by atoms with E-state index in [-0.39, 0.29) is 11.7 Å². The lowest BCUT2D eigenvalue weighted by Gasteiger charge is -2.10. The molecule has 1 amide bonds. The minimum atomic E-state index is -0.272. The van der Waals surface area contributed by atoms with Gasteiger partial charge in [0.25, 0.3) is 5.91 Å². The zero-order chi connectivity index (χ0) is 17.5. The van der Waals surface area contributed by atoms with E-state index in [1.54, 1.807) is 18.2 Å². The van der Waals surface area contributed by atoms with Gasteiger partial charge in [0, 0.05) is 18.8 Å². The van der Waals surface area contributed by atoms with Crippen LogP contribution in [0.2, 0.25) is 0 Å². The Balaban J connectivity index is 1.99. The second-order valence-electron chi connectivity index (χ2n) is 6.14. The molecule has 0 spiro atoms. The number of rotatable bonds is 7. The number of nitrogens with one attached hydrogen (secondary N) is 2. The van der Waals surface area contributed by atoms with Crippen molar-refractivity contribution in [2.75, 3.05) is 11.9 Å². The molecule has 128 valence electrons. The molecule has 0 bridgehead atoms. The molecule has 0 atom stereocenters. The van der Waals surface area contributed by atoms with Crippen molar-refractivity contribution in [3.05, 3.63) is 53.1 Å². The van der Waals surface area contributed by atoms with Crippen molar-refractivity contribution in [1.82, 2.24) is 15.3 Å². The fraction of sp³-hybridized carbons (Fsp3) is 0.389. The number of benzene rings is 1. The first-order valence-electron chi connectivity index (χ1n) is 8.06. The van der Waals surface area contributed by atoms with Gasteiger partial charge in [-0.2, -0.15) is 0 Å². The smallest absolute Gasteiger partial charge is 0.270 e. The molecular weight excluding hydrogens is 307 g/mol. The molecule has 0 aliphatic rings. The summed E-state index contributed by atoms with van der Waals surface area (Å²) >= 11 is 0. The first-order chi connectivity index (χ1) is 11.4. The summed E-state index contributed by atoms with van der Waals surface area (Å²) in [6.45, 7) is 7.11. The van der Waals surface area contributed by atoms with Gasteiger partial charge in [-0.1, -0.05) is 26.0 Å². The minimum Gasteiger partial charge on any atom is -0.351 e. The highest BCUT2D eigenvalue weighted by atomic mass is 19.1. The van der Waals surface area contributed by atoms with Gasteiger partial charge in [0.1, 0.15) is 11.5 Å². The number of aryl methyl sites for hydroxylation is 1. The second kappa shape index (κ2) is 8.38. The molecule has 0 unspecified atom stereocenters. The Hall–Kier alpha value is -2.50. The number of carbonyl (C=O) groups is 1. The first kappa shape index (κ1) is 17.8. The lowest BCUT2D eigenvalue weighted by molar-refractivity contribution is 0.0947. The van der Waals surface area contributed by atoms with E-state index in [0.717, 1.165) is 12.0 Å². The highest BCUT2D eigenvalue weighted by Crippen LogP contribution is 2.09. The standard InChI is InChI=1S/C18H23FN4O/c1-12(2)8-9-20-17(24)16-10-13(3)22-18(23-16)21-11-14-4-6-15(19)7-5-14/h4-7,10,12H,8-9,11H2,1-3H3,(H,20,24)(H,21,22,23). The van der Waals surface area contributed by atoms with Crippen LogP contribution >= 0.6 is 0 Å². The van der Waals surface area contributed by atoms with Gasteiger partial charge < -0.3 is 10.6 Å². The average molecular weight is 330 g/mol. The van der Waals surface area contributed by atoms with Gasteiger partial charge in [-0.05, 0) is 43.0 Å². The third-order valence-corrected chi connectivity index (χ3v) is 3.46. The third kappa shape index (κ3) is 5.61. The summed E-state index contributed by atoms with van der Waals surface area (Å²) in [7, 11) is 0. The van der Waals surface area contributed by atoms with Crippen LogP contribution in [0.5, 0.6) is 0 Å². The van der Waals surface area contributed by atoms with E-state index in [1.807, 2.05) is 6.92 Å². The Morgan fingerprint density at radius 1 is 1.21 bits per heavy atom. The Morgan fingerprint density at radius 2 is 1.92 bits per heavy atom. The van der Waals surface area contributed by atoms with Crippen molar-refractivity contribution in [1.29, 1.82) is 0 Å². The lowest BCUT2D eigenvalue weighted by Crippen LogP contribution is -2.26. The van der Waals surface area contributed by atoms with Gasteiger partial charge in [0.2, 0.25) is 5.95 Å². The zero-order valence-corrected chi connectivity index (χ0v) is 14.3. The first-order valence-corrected chi connectivity index (χ1v) is 8.06. The number of anilines is 1. The topological polar surface area (TPSA) is 66.9 Å². The normalized spacial score (nSPS) is 10.7. The molecule has 1 aromatic heterocycles. The van der Waals surface area contributed by atoms with Crippen LogP contribution in [0.4, 0.5) is 10.3 Å².